The highest BCUT2D eigenvalue weighted by atomic mass is 16.4. The van der Waals surface area contributed by atoms with E-state index < -0.39 is 12.1 Å². The zero-order valence-corrected chi connectivity index (χ0v) is 10.5. The molecule has 1 atom stereocenters. The smallest absolute Gasteiger partial charge is 0.337 e. The van der Waals surface area contributed by atoms with Gasteiger partial charge in [-0.15, -0.1) is 0 Å². The summed E-state index contributed by atoms with van der Waals surface area (Å²) in [7, 11) is 2.11. The van der Waals surface area contributed by atoms with Crippen molar-refractivity contribution in [3.05, 3.63) is 35.4 Å². The number of aliphatic hydroxyl groups excluding tert-OH is 1. The van der Waals surface area contributed by atoms with Gasteiger partial charge in [-0.25, -0.2) is 4.79 Å². The lowest BCUT2D eigenvalue weighted by molar-refractivity contribution is -0.146. The molecule has 18 heavy (non-hydrogen) atoms. The zero-order valence-electron chi connectivity index (χ0n) is 10.5. The predicted octanol–water partition coefficient (Wildman–Crippen LogP) is 1.61. The van der Waals surface area contributed by atoms with Gasteiger partial charge in [-0.2, -0.15) is 0 Å². The van der Waals surface area contributed by atoms with Crippen molar-refractivity contribution in [1.29, 1.82) is 0 Å². The Morgan fingerprint density at radius 1 is 1.39 bits per heavy atom. The fraction of sp³-hybridized carbons (Fsp3) is 0.500. The largest absolute Gasteiger partial charge is 0.479 e. The molecule has 1 aromatic rings. The van der Waals surface area contributed by atoms with Crippen molar-refractivity contribution in [1.82, 2.24) is 4.90 Å². The summed E-state index contributed by atoms with van der Waals surface area (Å²) >= 11 is 0. The summed E-state index contributed by atoms with van der Waals surface area (Å²) in [5.41, 5.74) is 1.61. The second-order valence-electron chi connectivity index (χ2n) is 4.99. The summed E-state index contributed by atoms with van der Waals surface area (Å²) in [6, 6.07) is 7.34. The van der Waals surface area contributed by atoms with Crippen molar-refractivity contribution < 1.29 is 15.0 Å². The number of nitrogens with zero attached hydrogens (tertiary/aromatic N) is 1. The van der Waals surface area contributed by atoms with Gasteiger partial charge >= 0.3 is 5.97 Å². The molecule has 1 saturated heterocycles. The number of aliphatic carboxylic acids is 1. The SMILES string of the molecule is CN1CCC(c2cccc(C(O)C(=O)O)c2)CC1. The maximum atomic E-state index is 10.8. The third-order valence-corrected chi connectivity index (χ3v) is 3.65. The molecule has 4 heteroatoms. The minimum absolute atomic E-state index is 0.471. The van der Waals surface area contributed by atoms with Gasteiger partial charge in [0.1, 0.15) is 0 Å². The first kappa shape index (κ1) is 13.1. The molecule has 0 aliphatic carbocycles. The summed E-state index contributed by atoms with van der Waals surface area (Å²) in [5, 5.41) is 18.4. The normalized spacial score (nSPS) is 19.7. The van der Waals surface area contributed by atoms with Crippen LogP contribution in [0.15, 0.2) is 24.3 Å². The van der Waals surface area contributed by atoms with Gasteiger partial charge in [-0.3, -0.25) is 0 Å². The van der Waals surface area contributed by atoms with Crippen LogP contribution >= 0.6 is 0 Å². The van der Waals surface area contributed by atoms with Crippen LogP contribution in [0.5, 0.6) is 0 Å². The monoisotopic (exact) mass is 249 g/mol. The molecule has 0 spiro atoms. The van der Waals surface area contributed by atoms with Crippen molar-refractivity contribution in [3.63, 3.8) is 0 Å². The predicted molar refractivity (Wildman–Crippen MR) is 68.5 cm³/mol. The molecular weight excluding hydrogens is 230 g/mol. The average molecular weight is 249 g/mol. The van der Waals surface area contributed by atoms with Gasteiger partial charge in [0.25, 0.3) is 0 Å². The first-order valence-electron chi connectivity index (χ1n) is 6.27. The number of hydrogen-bond acceptors (Lipinski definition) is 3. The zero-order chi connectivity index (χ0) is 13.1. The maximum absolute atomic E-state index is 10.8. The topological polar surface area (TPSA) is 60.8 Å². The minimum atomic E-state index is -1.42. The van der Waals surface area contributed by atoms with Crippen LogP contribution in [-0.4, -0.2) is 41.2 Å². The first-order chi connectivity index (χ1) is 8.58. The van der Waals surface area contributed by atoms with Gasteiger partial charge < -0.3 is 15.1 Å². The molecule has 1 fully saturated rings. The third-order valence-electron chi connectivity index (χ3n) is 3.65. The van der Waals surface area contributed by atoms with Crippen LogP contribution in [0.25, 0.3) is 0 Å². The highest BCUT2D eigenvalue weighted by Crippen LogP contribution is 2.29. The Morgan fingerprint density at radius 2 is 2.06 bits per heavy atom. The van der Waals surface area contributed by atoms with E-state index in [2.05, 4.69) is 11.9 Å². The highest BCUT2D eigenvalue weighted by Gasteiger charge is 2.21. The van der Waals surface area contributed by atoms with Gasteiger partial charge in [0.05, 0.1) is 0 Å². The molecule has 98 valence electrons. The van der Waals surface area contributed by atoms with Crippen molar-refractivity contribution in [2.45, 2.75) is 24.9 Å². The van der Waals surface area contributed by atoms with Crippen LogP contribution < -0.4 is 0 Å². The molecule has 1 unspecified atom stereocenters. The molecule has 1 aliphatic heterocycles. The van der Waals surface area contributed by atoms with Crippen LogP contribution in [0.4, 0.5) is 0 Å². The molecule has 0 bridgehead atoms. The van der Waals surface area contributed by atoms with Crippen molar-refractivity contribution in [3.8, 4) is 0 Å². The van der Waals surface area contributed by atoms with E-state index in [0.29, 0.717) is 11.5 Å². The molecule has 1 aromatic carbocycles. The summed E-state index contributed by atoms with van der Waals surface area (Å²) in [6.07, 6.45) is 0.753. The number of carboxylic acids is 1. The van der Waals surface area contributed by atoms with E-state index in [4.69, 9.17) is 5.11 Å². The number of piperidine rings is 1. The molecule has 2 rings (SSSR count). The standard InChI is InChI=1S/C14H19NO3/c1-15-7-5-10(6-8-15)11-3-2-4-12(9-11)13(16)14(17)18/h2-4,9-10,13,16H,5-8H2,1H3,(H,17,18). The van der Waals surface area contributed by atoms with Crippen LogP contribution in [-0.2, 0) is 4.79 Å². The van der Waals surface area contributed by atoms with E-state index in [9.17, 15) is 9.90 Å². The number of carbonyl (C=O) groups is 1. The molecule has 2 N–H and O–H groups in total. The maximum Gasteiger partial charge on any atom is 0.337 e. The molecule has 1 heterocycles. The summed E-state index contributed by atoms with van der Waals surface area (Å²) < 4.78 is 0. The molecule has 0 radical (unpaired) electrons. The number of hydrogen-bond donors (Lipinski definition) is 2. The quantitative estimate of drug-likeness (QED) is 0.854. The van der Waals surface area contributed by atoms with E-state index in [1.54, 1.807) is 6.07 Å². The van der Waals surface area contributed by atoms with E-state index in [-0.39, 0.29) is 0 Å². The van der Waals surface area contributed by atoms with E-state index in [1.807, 2.05) is 18.2 Å². The molecule has 4 nitrogen and oxygen atoms in total. The lowest BCUT2D eigenvalue weighted by Crippen LogP contribution is -2.29. The van der Waals surface area contributed by atoms with Crippen LogP contribution in [0, 0.1) is 0 Å². The van der Waals surface area contributed by atoms with Crippen molar-refractivity contribution in [2.75, 3.05) is 20.1 Å². The lowest BCUT2D eigenvalue weighted by Gasteiger charge is -2.29. The van der Waals surface area contributed by atoms with Gasteiger partial charge in [0.2, 0.25) is 0 Å². The molecule has 0 amide bonds. The molecular formula is C14H19NO3. The fourth-order valence-corrected chi connectivity index (χ4v) is 2.47. The van der Waals surface area contributed by atoms with E-state index >= 15 is 0 Å². The second kappa shape index (κ2) is 5.50. The Balaban J connectivity index is 2.14. The Morgan fingerprint density at radius 3 is 2.67 bits per heavy atom. The van der Waals surface area contributed by atoms with Gasteiger partial charge in [0.15, 0.2) is 6.10 Å². The van der Waals surface area contributed by atoms with E-state index in [0.717, 1.165) is 31.5 Å². The Labute approximate surface area is 107 Å². The summed E-state index contributed by atoms with van der Waals surface area (Å²) in [5.74, 6) is -0.724. The summed E-state index contributed by atoms with van der Waals surface area (Å²) in [4.78, 5) is 13.1. The van der Waals surface area contributed by atoms with Crippen molar-refractivity contribution in [2.24, 2.45) is 0 Å². The Bertz CT molecular complexity index is 425. The molecule has 0 saturated carbocycles. The Kier molecular flexibility index (Phi) is 3.99. The van der Waals surface area contributed by atoms with Crippen LogP contribution in [0.1, 0.15) is 36.0 Å². The van der Waals surface area contributed by atoms with Crippen molar-refractivity contribution >= 4 is 5.97 Å². The van der Waals surface area contributed by atoms with Gasteiger partial charge in [-0.05, 0) is 50.0 Å². The minimum Gasteiger partial charge on any atom is -0.479 e. The number of carboxylic acid groups (broad SMARTS) is 1. The average Bonchev–Trinajstić information content (AvgIpc) is 2.38. The first-order valence-corrected chi connectivity index (χ1v) is 6.27. The summed E-state index contributed by atoms with van der Waals surface area (Å²) in [6.45, 7) is 2.13. The molecule has 1 aliphatic rings. The number of aliphatic hydroxyl groups is 1. The number of benzene rings is 1. The molecule has 0 aromatic heterocycles. The second-order valence-corrected chi connectivity index (χ2v) is 4.99. The van der Waals surface area contributed by atoms with E-state index in [1.165, 1.54) is 0 Å². The number of rotatable bonds is 3. The highest BCUT2D eigenvalue weighted by molar-refractivity contribution is 5.74. The third kappa shape index (κ3) is 2.89. The van der Waals surface area contributed by atoms with Crippen LogP contribution in [0.3, 0.4) is 0 Å². The fourth-order valence-electron chi connectivity index (χ4n) is 2.47. The number of likely N-dealkylation sites (tertiary alicyclic amines) is 1. The van der Waals surface area contributed by atoms with Gasteiger partial charge in [0, 0.05) is 0 Å². The lowest BCUT2D eigenvalue weighted by atomic mass is 9.88. The van der Waals surface area contributed by atoms with Crippen LogP contribution in [0.2, 0.25) is 0 Å². The van der Waals surface area contributed by atoms with Gasteiger partial charge in [-0.1, -0.05) is 24.3 Å². The Hall–Kier alpha value is -1.39.